The van der Waals surface area contributed by atoms with Crippen molar-refractivity contribution in [1.82, 2.24) is 5.32 Å². The normalized spacial score (nSPS) is 11.2. The Bertz CT molecular complexity index is 706. The summed E-state index contributed by atoms with van der Waals surface area (Å²) in [5, 5.41) is 3.39. The first-order valence-electron chi connectivity index (χ1n) is 7.79. The van der Waals surface area contributed by atoms with Gasteiger partial charge in [0.05, 0.1) is 6.61 Å². The molecule has 0 fully saturated rings. The number of anilines is 1. The second-order valence-electron chi connectivity index (χ2n) is 6.91. The van der Waals surface area contributed by atoms with Gasteiger partial charge in [-0.05, 0) is 47.4 Å². The summed E-state index contributed by atoms with van der Waals surface area (Å²) < 4.78 is 5.70. The Morgan fingerprint density at radius 3 is 2.42 bits per heavy atom. The Labute approximate surface area is 148 Å². The van der Waals surface area contributed by atoms with E-state index in [2.05, 4.69) is 26.1 Å². The van der Waals surface area contributed by atoms with Crippen LogP contribution in [0.2, 0.25) is 5.02 Å². The van der Waals surface area contributed by atoms with E-state index in [0.29, 0.717) is 29.4 Å². The first kappa shape index (κ1) is 18.1. The molecule has 2 aromatic rings. The van der Waals surface area contributed by atoms with Crippen LogP contribution in [0.15, 0.2) is 42.5 Å². The van der Waals surface area contributed by atoms with Gasteiger partial charge in [-0.1, -0.05) is 38.4 Å². The number of benzene rings is 2. The molecule has 0 aliphatic carbocycles. The minimum Gasteiger partial charge on any atom is -0.493 e. The third-order valence-electron chi connectivity index (χ3n) is 3.30. The molecule has 1 amide bonds. The monoisotopic (exact) mass is 346 g/mol. The van der Waals surface area contributed by atoms with Gasteiger partial charge in [-0.15, -0.1) is 0 Å². The Hall–Kier alpha value is -2.20. The molecule has 0 radical (unpaired) electrons. The lowest BCUT2D eigenvalue weighted by Gasteiger charge is -2.18. The topological polar surface area (TPSA) is 64.3 Å². The minimum absolute atomic E-state index is 0.0917. The maximum absolute atomic E-state index is 12.2. The van der Waals surface area contributed by atoms with Crippen molar-refractivity contribution in [3.05, 3.63) is 58.6 Å². The fraction of sp³-hybridized carbons (Fsp3) is 0.316. The summed E-state index contributed by atoms with van der Waals surface area (Å²) in [4.78, 5) is 12.2. The van der Waals surface area contributed by atoms with Gasteiger partial charge in [0, 0.05) is 22.8 Å². The minimum atomic E-state index is -0.162. The summed E-state index contributed by atoms with van der Waals surface area (Å²) in [5.41, 5.74) is 7.74. The zero-order valence-corrected chi connectivity index (χ0v) is 15.0. The van der Waals surface area contributed by atoms with Crippen molar-refractivity contribution in [2.24, 2.45) is 5.41 Å². The lowest BCUT2D eigenvalue weighted by atomic mass is 9.99. The number of nitrogens with two attached hydrogens (primary N) is 1. The summed E-state index contributed by atoms with van der Waals surface area (Å²) >= 11 is 6.10. The number of hydrogen-bond donors (Lipinski definition) is 2. The molecule has 4 nitrogen and oxygen atoms in total. The van der Waals surface area contributed by atoms with Crippen LogP contribution in [0.25, 0.3) is 0 Å². The van der Waals surface area contributed by atoms with Crippen molar-refractivity contribution in [2.75, 3.05) is 12.3 Å². The molecule has 0 atom stereocenters. The number of rotatable bonds is 5. The Kier molecular flexibility index (Phi) is 5.73. The van der Waals surface area contributed by atoms with E-state index in [1.165, 1.54) is 0 Å². The maximum Gasteiger partial charge on any atom is 0.251 e. The molecular formula is C19H23ClN2O2. The van der Waals surface area contributed by atoms with Crippen LogP contribution in [-0.2, 0) is 6.54 Å². The van der Waals surface area contributed by atoms with Gasteiger partial charge >= 0.3 is 0 Å². The predicted molar refractivity (Wildman–Crippen MR) is 98.4 cm³/mol. The van der Waals surface area contributed by atoms with Crippen LogP contribution >= 0.6 is 11.6 Å². The van der Waals surface area contributed by atoms with E-state index < -0.39 is 0 Å². The molecule has 2 rings (SSSR count). The van der Waals surface area contributed by atoms with E-state index in [1.807, 2.05) is 0 Å². The molecule has 0 aromatic heterocycles. The quantitative estimate of drug-likeness (QED) is 0.794. The van der Waals surface area contributed by atoms with Gasteiger partial charge in [-0.25, -0.2) is 0 Å². The fourth-order valence-corrected chi connectivity index (χ4v) is 2.24. The van der Waals surface area contributed by atoms with Crippen LogP contribution in [-0.4, -0.2) is 12.5 Å². The average Bonchev–Trinajstić information content (AvgIpc) is 2.51. The Balaban J connectivity index is 1.92. The SMILES string of the molecule is CC(C)(C)COc1ccc(C(=O)NCc2ccc(N)cc2Cl)cc1. The fourth-order valence-electron chi connectivity index (χ4n) is 1.99. The van der Waals surface area contributed by atoms with Gasteiger partial charge in [0.1, 0.15) is 5.75 Å². The van der Waals surface area contributed by atoms with Gasteiger partial charge < -0.3 is 15.8 Å². The zero-order valence-electron chi connectivity index (χ0n) is 14.2. The number of nitrogen functional groups attached to an aromatic ring is 1. The van der Waals surface area contributed by atoms with E-state index in [4.69, 9.17) is 22.1 Å². The maximum atomic E-state index is 12.2. The molecule has 0 heterocycles. The molecule has 0 aliphatic rings. The van der Waals surface area contributed by atoms with Crippen molar-refractivity contribution in [2.45, 2.75) is 27.3 Å². The lowest BCUT2D eigenvalue weighted by Crippen LogP contribution is -2.23. The van der Waals surface area contributed by atoms with Crippen molar-refractivity contribution >= 4 is 23.2 Å². The largest absolute Gasteiger partial charge is 0.493 e. The van der Waals surface area contributed by atoms with Crippen LogP contribution in [0.5, 0.6) is 5.75 Å². The smallest absolute Gasteiger partial charge is 0.251 e. The van der Waals surface area contributed by atoms with Crippen molar-refractivity contribution in [1.29, 1.82) is 0 Å². The van der Waals surface area contributed by atoms with Gasteiger partial charge in [-0.2, -0.15) is 0 Å². The average molecular weight is 347 g/mol. The van der Waals surface area contributed by atoms with Crippen molar-refractivity contribution in [3.63, 3.8) is 0 Å². The highest BCUT2D eigenvalue weighted by molar-refractivity contribution is 6.31. The summed E-state index contributed by atoms with van der Waals surface area (Å²) in [6.45, 7) is 7.29. The second-order valence-corrected chi connectivity index (χ2v) is 7.31. The Morgan fingerprint density at radius 1 is 1.17 bits per heavy atom. The van der Waals surface area contributed by atoms with Crippen LogP contribution in [0.3, 0.4) is 0 Å². The molecular weight excluding hydrogens is 324 g/mol. The molecule has 3 N–H and O–H groups in total. The molecule has 128 valence electrons. The number of carbonyl (C=O) groups is 1. The zero-order chi connectivity index (χ0) is 17.7. The molecule has 0 saturated carbocycles. The van der Waals surface area contributed by atoms with E-state index in [0.717, 1.165) is 11.3 Å². The second kappa shape index (κ2) is 7.58. The lowest BCUT2D eigenvalue weighted by molar-refractivity contribution is 0.0951. The summed E-state index contributed by atoms with van der Waals surface area (Å²) in [6, 6.07) is 12.3. The van der Waals surface area contributed by atoms with E-state index in [1.54, 1.807) is 42.5 Å². The molecule has 0 saturated heterocycles. The van der Waals surface area contributed by atoms with E-state index in [9.17, 15) is 4.79 Å². The van der Waals surface area contributed by atoms with Crippen LogP contribution in [0.1, 0.15) is 36.7 Å². The predicted octanol–water partition coefficient (Wildman–Crippen LogP) is 4.28. The Morgan fingerprint density at radius 2 is 1.83 bits per heavy atom. The van der Waals surface area contributed by atoms with Gasteiger partial charge in [0.25, 0.3) is 5.91 Å². The van der Waals surface area contributed by atoms with Crippen LogP contribution in [0.4, 0.5) is 5.69 Å². The first-order valence-corrected chi connectivity index (χ1v) is 8.17. The molecule has 5 heteroatoms. The van der Waals surface area contributed by atoms with Gasteiger partial charge in [-0.3, -0.25) is 4.79 Å². The molecule has 0 aliphatic heterocycles. The summed E-state index contributed by atoms with van der Waals surface area (Å²) in [5.74, 6) is 0.591. The van der Waals surface area contributed by atoms with E-state index >= 15 is 0 Å². The number of halogens is 1. The van der Waals surface area contributed by atoms with Gasteiger partial charge in [0.2, 0.25) is 0 Å². The van der Waals surface area contributed by atoms with Crippen LogP contribution < -0.4 is 15.8 Å². The number of carbonyl (C=O) groups excluding carboxylic acids is 1. The molecule has 0 unspecified atom stereocenters. The molecule has 0 bridgehead atoms. The van der Waals surface area contributed by atoms with Crippen LogP contribution in [0, 0.1) is 5.41 Å². The number of amides is 1. The molecule has 24 heavy (non-hydrogen) atoms. The standard InChI is InChI=1S/C19H23ClN2O2/c1-19(2,3)12-24-16-8-5-13(6-9-16)18(23)22-11-14-4-7-15(21)10-17(14)20/h4-10H,11-12,21H2,1-3H3,(H,22,23). The van der Waals surface area contributed by atoms with Gasteiger partial charge in [0.15, 0.2) is 0 Å². The number of hydrogen-bond acceptors (Lipinski definition) is 3. The van der Waals surface area contributed by atoms with E-state index in [-0.39, 0.29) is 11.3 Å². The number of ether oxygens (including phenoxy) is 1. The highest BCUT2D eigenvalue weighted by atomic mass is 35.5. The summed E-state index contributed by atoms with van der Waals surface area (Å²) in [7, 11) is 0. The first-order chi connectivity index (χ1) is 11.2. The van der Waals surface area contributed by atoms with Crippen molar-refractivity contribution in [3.8, 4) is 5.75 Å². The van der Waals surface area contributed by atoms with Crippen molar-refractivity contribution < 1.29 is 9.53 Å². The number of nitrogens with one attached hydrogen (secondary N) is 1. The highest BCUT2D eigenvalue weighted by Gasteiger charge is 2.12. The molecule has 2 aromatic carbocycles. The summed E-state index contributed by atoms with van der Waals surface area (Å²) in [6.07, 6.45) is 0. The molecule has 0 spiro atoms. The third-order valence-corrected chi connectivity index (χ3v) is 3.66. The highest BCUT2D eigenvalue weighted by Crippen LogP contribution is 2.20. The third kappa shape index (κ3) is 5.46.